The Morgan fingerprint density at radius 3 is 1.75 bits per heavy atom. The molecule has 0 bridgehead atoms. The molecular formula is C18H13F6N3O. The third-order valence-electron chi connectivity index (χ3n) is 3.96. The number of aromatic nitrogens is 3. The van der Waals surface area contributed by atoms with Crippen LogP contribution in [0.4, 0.5) is 26.3 Å². The molecule has 28 heavy (non-hydrogen) atoms. The van der Waals surface area contributed by atoms with Crippen molar-refractivity contribution in [2.45, 2.75) is 19.4 Å². The number of hydrogen-bond acceptors (Lipinski definition) is 3. The van der Waals surface area contributed by atoms with Gasteiger partial charge in [0.1, 0.15) is 23.3 Å². The number of hydrogen-bond donors (Lipinski definition) is 0. The van der Waals surface area contributed by atoms with Crippen LogP contribution in [0.3, 0.4) is 0 Å². The third kappa shape index (κ3) is 3.41. The second kappa shape index (κ2) is 6.84. The second-order valence-corrected chi connectivity index (χ2v) is 6.46. The first-order valence-electron chi connectivity index (χ1n) is 7.89. The van der Waals surface area contributed by atoms with Crippen LogP contribution in [-0.2, 0) is 12.6 Å². The smallest absolute Gasteiger partial charge is 0.192 e. The molecule has 0 amide bonds. The molecule has 1 heterocycles. The van der Waals surface area contributed by atoms with Crippen LogP contribution in [0.5, 0.6) is 5.75 Å². The highest BCUT2D eigenvalue weighted by Gasteiger charge is 2.33. The zero-order valence-electron chi connectivity index (χ0n) is 14.8. The van der Waals surface area contributed by atoms with Gasteiger partial charge in [0.05, 0.1) is 5.56 Å². The Kier molecular flexibility index (Phi) is 4.82. The molecule has 4 nitrogen and oxygen atoms in total. The van der Waals surface area contributed by atoms with Crippen molar-refractivity contribution < 1.29 is 31.1 Å². The van der Waals surface area contributed by atoms with E-state index in [2.05, 4.69) is 10.2 Å². The fourth-order valence-corrected chi connectivity index (χ4v) is 2.75. The molecule has 0 radical (unpaired) electrons. The van der Waals surface area contributed by atoms with Gasteiger partial charge in [0.25, 0.3) is 0 Å². The average molecular weight is 401 g/mol. The van der Waals surface area contributed by atoms with Crippen LogP contribution >= 0.6 is 0 Å². The lowest BCUT2D eigenvalue weighted by Gasteiger charge is -2.26. The molecule has 0 fully saturated rings. The van der Waals surface area contributed by atoms with Crippen LogP contribution in [0.2, 0.25) is 0 Å². The van der Waals surface area contributed by atoms with Crippen molar-refractivity contribution >= 4 is 0 Å². The number of halogens is 6. The second-order valence-electron chi connectivity index (χ2n) is 6.46. The van der Waals surface area contributed by atoms with Crippen molar-refractivity contribution in [1.82, 2.24) is 14.8 Å². The Bertz CT molecular complexity index is 1020. The van der Waals surface area contributed by atoms with E-state index in [1.54, 1.807) is 0 Å². The van der Waals surface area contributed by atoms with Gasteiger partial charge in [-0.25, -0.2) is 26.3 Å². The van der Waals surface area contributed by atoms with Gasteiger partial charge >= 0.3 is 0 Å². The lowest BCUT2D eigenvalue weighted by Crippen LogP contribution is -2.30. The van der Waals surface area contributed by atoms with E-state index in [-0.39, 0.29) is 11.6 Å². The maximum absolute atomic E-state index is 14.0. The van der Waals surface area contributed by atoms with Gasteiger partial charge in [-0.05, 0) is 13.8 Å². The molecule has 2 aromatic carbocycles. The summed E-state index contributed by atoms with van der Waals surface area (Å²) in [6, 6.07) is 1.86. The molecule has 10 heteroatoms. The predicted octanol–water partition coefficient (Wildman–Crippen LogP) is 4.63. The molecule has 148 valence electrons. The van der Waals surface area contributed by atoms with Crippen LogP contribution in [-0.4, -0.2) is 14.8 Å². The molecule has 0 unspecified atom stereocenters. The van der Waals surface area contributed by atoms with Gasteiger partial charge in [-0.3, -0.25) is 0 Å². The molecule has 3 aromatic rings. The summed E-state index contributed by atoms with van der Waals surface area (Å²) in [5.74, 6) is -8.36. The van der Waals surface area contributed by atoms with Gasteiger partial charge < -0.3 is 9.30 Å². The summed E-state index contributed by atoms with van der Waals surface area (Å²) < 4.78 is 88.5. The van der Waals surface area contributed by atoms with E-state index in [1.807, 2.05) is 0 Å². The summed E-state index contributed by atoms with van der Waals surface area (Å²) in [5, 5.41) is 7.47. The monoisotopic (exact) mass is 401 g/mol. The van der Waals surface area contributed by atoms with Crippen LogP contribution in [0.1, 0.15) is 19.7 Å². The molecule has 3 rings (SSSR count). The number of ether oxygens (including phenoxy) is 1. The maximum atomic E-state index is 14.0. The Morgan fingerprint density at radius 2 is 1.25 bits per heavy atom. The van der Waals surface area contributed by atoms with Gasteiger partial charge in [-0.15, -0.1) is 10.2 Å². The van der Waals surface area contributed by atoms with E-state index in [4.69, 9.17) is 4.74 Å². The van der Waals surface area contributed by atoms with E-state index < -0.39 is 51.8 Å². The number of benzene rings is 2. The van der Waals surface area contributed by atoms with Crippen molar-refractivity contribution in [3.8, 4) is 17.1 Å². The summed E-state index contributed by atoms with van der Waals surface area (Å²) in [4.78, 5) is 0. The summed E-state index contributed by atoms with van der Waals surface area (Å²) >= 11 is 0. The first kappa shape index (κ1) is 19.7. The molecule has 0 aliphatic carbocycles. The van der Waals surface area contributed by atoms with E-state index >= 15 is 0 Å². The predicted molar refractivity (Wildman–Crippen MR) is 86.3 cm³/mol. The quantitative estimate of drug-likeness (QED) is 0.599. The van der Waals surface area contributed by atoms with Crippen molar-refractivity contribution in [3.05, 3.63) is 65.0 Å². The van der Waals surface area contributed by atoms with Crippen molar-refractivity contribution in [3.63, 3.8) is 0 Å². The molecule has 0 saturated heterocycles. The highest BCUT2D eigenvalue weighted by atomic mass is 19.2. The maximum Gasteiger partial charge on any atom is 0.192 e. The molecule has 0 N–H and O–H groups in total. The van der Waals surface area contributed by atoms with Crippen LogP contribution < -0.4 is 4.74 Å². The van der Waals surface area contributed by atoms with Crippen LogP contribution in [0.15, 0.2) is 24.3 Å². The molecule has 1 aromatic heterocycles. The zero-order valence-corrected chi connectivity index (χ0v) is 14.8. The minimum absolute atomic E-state index is 0.0475. The van der Waals surface area contributed by atoms with Crippen molar-refractivity contribution in [2.24, 2.45) is 7.05 Å². The van der Waals surface area contributed by atoms with Crippen molar-refractivity contribution in [1.29, 1.82) is 0 Å². The topological polar surface area (TPSA) is 39.9 Å². The Morgan fingerprint density at radius 1 is 0.786 bits per heavy atom. The first-order valence-corrected chi connectivity index (χ1v) is 7.89. The lowest BCUT2D eigenvalue weighted by atomic mass is 10.1. The normalized spacial score (nSPS) is 11.8. The molecule has 0 aliphatic heterocycles. The summed E-state index contributed by atoms with van der Waals surface area (Å²) in [5.41, 5.74) is -2.16. The van der Waals surface area contributed by atoms with Gasteiger partial charge in [-0.2, -0.15) is 0 Å². The summed E-state index contributed by atoms with van der Waals surface area (Å²) in [6.07, 6.45) is 0. The standard InChI is InChI=1S/C18H13F6N3O/c1-18(2,28-15-12(23)6-9(20)7-13(15)24)17-26-25-16(27(17)3)14-10(21)4-8(19)5-11(14)22/h4-7H,1-3H3. The molecule has 0 atom stereocenters. The summed E-state index contributed by atoms with van der Waals surface area (Å²) in [7, 11) is 1.34. The summed E-state index contributed by atoms with van der Waals surface area (Å²) in [6.45, 7) is 2.75. The fourth-order valence-electron chi connectivity index (χ4n) is 2.75. The van der Waals surface area contributed by atoms with E-state index in [1.165, 1.54) is 20.9 Å². The van der Waals surface area contributed by atoms with Gasteiger partial charge in [-0.1, -0.05) is 0 Å². The van der Waals surface area contributed by atoms with Gasteiger partial charge in [0.15, 0.2) is 34.6 Å². The Balaban J connectivity index is 2.04. The largest absolute Gasteiger partial charge is 0.474 e. The van der Waals surface area contributed by atoms with E-state index in [0.29, 0.717) is 24.3 Å². The molecule has 0 spiro atoms. The molecule has 0 saturated carbocycles. The molecular weight excluding hydrogens is 388 g/mol. The van der Waals surface area contributed by atoms with Gasteiger partial charge in [0.2, 0.25) is 0 Å². The highest BCUT2D eigenvalue weighted by molar-refractivity contribution is 5.57. The fraction of sp³-hybridized carbons (Fsp3) is 0.222. The van der Waals surface area contributed by atoms with Crippen LogP contribution in [0, 0.1) is 34.9 Å². The van der Waals surface area contributed by atoms with E-state index in [9.17, 15) is 26.3 Å². The van der Waals surface area contributed by atoms with E-state index in [0.717, 1.165) is 4.57 Å². The van der Waals surface area contributed by atoms with Crippen LogP contribution in [0.25, 0.3) is 11.4 Å². The van der Waals surface area contributed by atoms with Crippen molar-refractivity contribution in [2.75, 3.05) is 0 Å². The Labute approximate surface area is 155 Å². The highest BCUT2D eigenvalue weighted by Crippen LogP contribution is 2.33. The number of rotatable bonds is 4. The minimum Gasteiger partial charge on any atom is -0.474 e. The SMILES string of the molecule is Cn1c(-c2c(F)cc(F)cc2F)nnc1C(C)(C)Oc1c(F)cc(F)cc1F. The lowest BCUT2D eigenvalue weighted by molar-refractivity contribution is 0.0833. The molecule has 0 aliphatic rings. The third-order valence-corrected chi connectivity index (χ3v) is 3.96. The average Bonchev–Trinajstić information content (AvgIpc) is 2.92. The number of nitrogens with zero attached hydrogens (tertiary/aromatic N) is 3. The first-order chi connectivity index (χ1) is 13.0. The minimum atomic E-state index is -1.54. The Hall–Kier alpha value is -3.04. The van der Waals surface area contributed by atoms with Gasteiger partial charge in [0, 0.05) is 31.3 Å². The zero-order chi connectivity index (χ0) is 20.8.